The molecule has 0 spiro atoms. The van der Waals surface area contributed by atoms with E-state index in [2.05, 4.69) is 26.3 Å². The van der Waals surface area contributed by atoms with E-state index in [1.54, 1.807) is 6.08 Å². The second-order valence-electron chi connectivity index (χ2n) is 12.8. The Morgan fingerprint density at radius 1 is 1.17 bits per heavy atom. The highest BCUT2D eigenvalue weighted by Crippen LogP contribution is 2.63. The average molecular weight is 495 g/mol. The van der Waals surface area contributed by atoms with Gasteiger partial charge in [0.25, 0.3) is 0 Å². The number of fused-ring (bicyclic) bond motifs is 3. The summed E-state index contributed by atoms with van der Waals surface area (Å²) in [7, 11) is 0. The van der Waals surface area contributed by atoms with Crippen molar-refractivity contribution < 1.29 is 14.3 Å². The third-order valence-electron chi connectivity index (χ3n) is 10.8. The van der Waals surface area contributed by atoms with E-state index in [-0.39, 0.29) is 41.2 Å². The van der Waals surface area contributed by atoms with Crippen molar-refractivity contribution in [3.05, 3.63) is 42.3 Å². The van der Waals surface area contributed by atoms with Crippen LogP contribution in [0.3, 0.4) is 0 Å². The highest BCUT2D eigenvalue weighted by molar-refractivity contribution is 5.74. The molecule has 36 heavy (non-hydrogen) atoms. The zero-order chi connectivity index (χ0) is 24.4. The number of aliphatic hydroxyl groups is 1. The molecule has 5 fully saturated rings. The molecule has 2 amide bonds. The first-order chi connectivity index (χ1) is 17.5. The number of imidazole rings is 1. The topological polar surface area (TPSA) is 79.2 Å². The number of carbonyl (C=O) groups excluding carboxylic acids is 1. The van der Waals surface area contributed by atoms with Crippen molar-refractivity contribution in [1.29, 1.82) is 0 Å². The summed E-state index contributed by atoms with van der Waals surface area (Å²) in [5.41, 5.74) is 0.938. The van der Waals surface area contributed by atoms with Crippen molar-refractivity contribution in [2.75, 3.05) is 0 Å². The lowest BCUT2D eigenvalue weighted by Crippen LogP contribution is -2.63. The van der Waals surface area contributed by atoms with Crippen LogP contribution in [0.4, 0.5) is 9.18 Å². The molecule has 5 saturated carbocycles. The number of hydrogen-bond acceptors (Lipinski definition) is 3. The molecular weight excluding hydrogens is 455 g/mol. The van der Waals surface area contributed by atoms with Gasteiger partial charge in [0, 0.05) is 41.9 Å². The van der Waals surface area contributed by atoms with Crippen LogP contribution < -0.4 is 10.6 Å². The molecule has 7 heteroatoms. The van der Waals surface area contributed by atoms with Crippen LogP contribution in [0.5, 0.6) is 0 Å². The van der Waals surface area contributed by atoms with Crippen LogP contribution in [0.15, 0.2) is 36.6 Å². The van der Waals surface area contributed by atoms with E-state index in [9.17, 15) is 9.90 Å². The smallest absolute Gasteiger partial charge is 0.315 e. The number of rotatable bonds is 5. The largest absolute Gasteiger partial charge is 0.392 e. The summed E-state index contributed by atoms with van der Waals surface area (Å²) in [5, 5.41) is 18.4. The summed E-state index contributed by atoms with van der Waals surface area (Å²) >= 11 is 0. The lowest BCUT2D eigenvalue weighted by Gasteiger charge is -2.61. The summed E-state index contributed by atoms with van der Waals surface area (Å²) in [6.07, 6.45) is 20.4. The van der Waals surface area contributed by atoms with E-state index in [0.29, 0.717) is 30.2 Å². The molecule has 0 aromatic carbocycles. The number of allylic oxidation sites excluding steroid dienone is 4. The predicted molar refractivity (Wildman–Crippen MR) is 135 cm³/mol. The van der Waals surface area contributed by atoms with Gasteiger partial charge in [-0.2, -0.15) is 0 Å². The zero-order valence-electron chi connectivity index (χ0n) is 21.0. The molecule has 194 valence electrons. The van der Waals surface area contributed by atoms with Gasteiger partial charge in [-0.3, -0.25) is 0 Å². The maximum atomic E-state index is 15.0. The number of amides is 2. The first kappa shape index (κ1) is 23.0. The summed E-state index contributed by atoms with van der Waals surface area (Å²) in [5.74, 6) is 1.17. The molecule has 1 aromatic heterocycles. The molecule has 3 N–H and O–H groups in total. The number of hydrogen-bond donors (Lipinski definition) is 3. The third kappa shape index (κ3) is 3.67. The normalized spacial score (nSPS) is 41.5. The van der Waals surface area contributed by atoms with Gasteiger partial charge in [-0.1, -0.05) is 31.4 Å². The van der Waals surface area contributed by atoms with Crippen LogP contribution in [-0.2, 0) is 0 Å². The minimum Gasteiger partial charge on any atom is -0.392 e. The quantitative estimate of drug-likeness (QED) is 0.530. The predicted octanol–water partition coefficient (Wildman–Crippen LogP) is 5.14. The maximum absolute atomic E-state index is 15.0. The molecule has 1 aliphatic heterocycles. The number of halogens is 1. The molecular formula is C29H39FN4O2. The lowest BCUT2D eigenvalue weighted by molar-refractivity contribution is -0.137. The van der Waals surface area contributed by atoms with Crippen molar-refractivity contribution in [2.24, 2.45) is 29.1 Å². The second-order valence-corrected chi connectivity index (χ2v) is 12.8. The fraction of sp³-hybridized carbons (Fsp3) is 0.724. The van der Waals surface area contributed by atoms with Crippen molar-refractivity contribution >= 4 is 6.03 Å². The van der Waals surface area contributed by atoms with Gasteiger partial charge in [-0.15, -0.1) is 0 Å². The van der Waals surface area contributed by atoms with Crippen LogP contribution in [0.2, 0.25) is 0 Å². The van der Waals surface area contributed by atoms with Crippen LogP contribution in [-0.4, -0.2) is 38.9 Å². The van der Waals surface area contributed by atoms with Gasteiger partial charge in [0.05, 0.1) is 12.4 Å². The fourth-order valence-corrected chi connectivity index (χ4v) is 9.49. The molecule has 4 bridgehead atoms. The Morgan fingerprint density at radius 3 is 2.72 bits per heavy atom. The molecule has 6 atom stereocenters. The van der Waals surface area contributed by atoms with Crippen molar-refractivity contribution in [3.8, 4) is 0 Å². The number of aliphatic hydroxyl groups excluding tert-OH is 1. The monoisotopic (exact) mass is 494 g/mol. The van der Waals surface area contributed by atoms with Crippen LogP contribution in [0.25, 0.3) is 0 Å². The van der Waals surface area contributed by atoms with Crippen LogP contribution in [0, 0.1) is 29.1 Å². The molecule has 6 nitrogen and oxygen atoms in total. The molecule has 1 aromatic rings. The standard InChI is InChI=1S/C29H39FN4O2/c30-22-8-4-7-21-24-15-31-16-34(24)23(26(21)22)11-25(35)29-12-17-9-18(13-29)27(19(10-17)14-29)33-28(36)32-20-5-2-1-3-6-20/h4,7-8,15-21,23,25-27,35H,1-3,5-6,9-14H2,(H2,32,33,36). The number of carbonyl (C=O) groups is 1. The number of nitrogens with zero attached hydrogens (tertiary/aromatic N) is 2. The molecule has 2 heterocycles. The van der Waals surface area contributed by atoms with Gasteiger partial charge in [-0.25, -0.2) is 14.2 Å². The molecule has 6 aliphatic carbocycles. The number of nitrogens with one attached hydrogen (secondary N) is 2. The Balaban J connectivity index is 1.05. The van der Waals surface area contributed by atoms with Crippen molar-refractivity contribution in [2.45, 2.75) is 101 Å². The Bertz CT molecular complexity index is 1060. The zero-order valence-corrected chi connectivity index (χ0v) is 21.0. The minimum atomic E-state index is -0.472. The van der Waals surface area contributed by atoms with Gasteiger partial charge in [-0.05, 0) is 80.6 Å². The Kier molecular flexibility index (Phi) is 5.57. The van der Waals surface area contributed by atoms with E-state index in [0.717, 1.165) is 50.6 Å². The van der Waals surface area contributed by atoms with E-state index < -0.39 is 6.10 Å². The van der Waals surface area contributed by atoms with Crippen molar-refractivity contribution in [3.63, 3.8) is 0 Å². The van der Waals surface area contributed by atoms with E-state index in [4.69, 9.17) is 0 Å². The van der Waals surface area contributed by atoms with Crippen LogP contribution in [0.1, 0.15) is 88.3 Å². The molecule has 0 saturated heterocycles. The average Bonchev–Trinajstić information content (AvgIpc) is 3.45. The lowest BCUT2D eigenvalue weighted by atomic mass is 9.46. The molecule has 6 unspecified atom stereocenters. The fourth-order valence-electron chi connectivity index (χ4n) is 9.49. The highest BCUT2D eigenvalue weighted by Gasteiger charge is 2.59. The van der Waals surface area contributed by atoms with E-state index in [1.165, 1.54) is 19.3 Å². The summed E-state index contributed by atoms with van der Waals surface area (Å²) in [6, 6.07) is 0.430. The summed E-state index contributed by atoms with van der Waals surface area (Å²) in [6.45, 7) is 0. The Labute approximate surface area is 212 Å². The highest BCUT2D eigenvalue weighted by atomic mass is 19.1. The SMILES string of the molecule is O=C(NC1CCCCC1)NC1C2CC3CC1CC(C(O)CC1C4C(F)=CC=CC4c4cncn41)(C3)C2. The van der Waals surface area contributed by atoms with Gasteiger partial charge >= 0.3 is 6.03 Å². The minimum absolute atomic E-state index is 0.00215. The van der Waals surface area contributed by atoms with E-state index >= 15 is 4.39 Å². The third-order valence-corrected chi connectivity index (χ3v) is 10.8. The molecule has 7 aliphatic rings. The molecule has 8 rings (SSSR count). The summed E-state index contributed by atoms with van der Waals surface area (Å²) < 4.78 is 17.1. The number of aromatic nitrogens is 2. The maximum Gasteiger partial charge on any atom is 0.315 e. The van der Waals surface area contributed by atoms with E-state index in [1.807, 2.05) is 18.6 Å². The molecule has 0 radical (unpaired) electrons. The van der Waals surface area contributed by atoms with Crippen LogP contribution >= 0.6 is 0 Å². The van der Waals surface area contributed by atoms with Gasteiger partial charge in [0.1, 0.15) is 5.83 Å². The Morgan fingerprint density at radius 2 is 1.94 bits per heavy atom. The second kappa shape index (κ2) is 8.71. The summed E-state index contributed by atoms with van der Waals surface area (Å²) in [4.78, 5) is 17.2. The first-order valence-electron chi connectivity index (χ1n) is 14.3. The first-order valence-corrected chi connectivity index (χ1v) is 14.3. The Hall–Kier alpha value is -2.15. The number of urea groups is 1. The van der Waals surface area contributed by atoms with Crippen molar-refractivity contribution in [1.82, 2.24) is 20.2 Å². The van der Waals surface area contributed by atoms with Gasteiger partial charge in [0.15, 0.2) is 0 Å². The van der Waals surface area contributed by atoms with Gasteiger partial charge < -0.3 is 20.3 Å². The van der Waals surface area contributed by atoms with Gasteiger partial charge in [0.2, 0.25) is 0 Å².